The fourth-order valence-electron chi connectivity index (χ4n) is 1.13. The van der Waals surface area contributed by atoms with Crippen molar-refractivity contribution in [2.75, 3.05) is 0 Å². The van der Waals surface area contributed by atoms with Gasteiger partial charge in [0.1, 0.15) is 5.69 Å². The molecule has 0 saturated carbocycles. The predicted octanol–water partition coefficient (Wildman–Crippen LogP) is 2.12. The lowest BCUT2D eigenvalue weighted by Gasteiger charge is -1.99. The predicted molar refractivity (Wildman–Crippen MR) is 49.8 cm³/mol. The molecule has 1 heterocycles. The van der Waals surface area contributed by atoms with E-state index in [4.69, 9.17) is 5.11 Å². The van der Waals surface area contributed by atoms with Crippen molar-refractivity contribution in [1.82, 2.24) is 4.98 Å². The molecule has 0 aliphatic rings. The van der Waals surface area contributed by atoms with E-state index in [1.807, 2.05) is 6.07 Å². The number of aromatic nitrogens is 1. The number of carboxylic acids is 1. The third-order valence-corrected chi connectivity index (χ3v) is 1.86. The van der Waals surface area contributed by atoms with Crippen LogP contribution in [0.25, 0.3) is 0 Å². The molecule has 70 valence electrons. The first-order valence-corrected chi connectivity index (χ1v) is 4.42. The molecule has 0 aromatic carbocycles. The third-order valence-electron chi connectivity index (χ3n) is 1.86. The Morgan fingerprint density at radius 3 is 3.00 bits per heavy atom. The lowest BCUT2D eigenvalue weighted by atomic mass is 10.1. The molecule has 3 nitrogen and oxygen atoms in total. The highest BCUT2D eigenvalue weighted by Gasteiger charge is 2.03. The van der Waals surface area contributed by atoms with Crippen LogP contribution in [0.2, 0.25) is 0 Å². The van der Waals surface area contributed by atoms with Crippen molar-refractivity contribution < 1.29 is 9.90 Å². The summed E-state index contributed by atoms with van der Waals surface area (Å²) in [5.74, 6) is -0.960. The first-order valence-electron chi connectivity index (χ1n) is 4.42. The average Bonchev–Trinajstić information content (AvgIpc) is 2.15. The second kappa shape index (κ2) is 4.60. The van der Waals surface area contributed by atoms with Crippen LogP contribution in [0, 0.1) is 0 Å². The monoisotopic (exact) mass is 179 g/mol. The standard InChI is InChI=1S/C10H13NO2/c1-2-3-4-8-5-6-11-9(7-8)10(12)13/h5-7H,2-4H2,1H3,(H,12,13). The number of unbranched alkanes of at least 4 members (excludes halogenated alkanes) is 1. The topological polar surface area (TPSA) is 50.2 Å². The van der Waals surface area contributed by atoms with Gasteiger partial charge in [0.2, 0.25) is 0 Å². The van der Waals surface area contributed by atoms with Crippen LogP contribution in [0.5, 0.6) is 0 Å². The zero-order valence-corrected chi connectivity index (χ0v) is 7.66. The molecule has 13 heavy (non-hydrogen) atoms. The highest BCUT2D eigenvalue weighted by atomic mass is 16.4. The molecular formula is C10H13NO2. The summed E-state index contributed by atoms with van der Waals surface area (Å²) >= 11 is 0. The van der Waals surface area contributed by atoms with Crippen molar-refractivity contribution in [1.29, 1.82) is 0 Å². The highest BCUT2D eigenvalue weighted by molar-refractivity contribution is 5.85. The largest absolute Gasteiger partial charge is 0.477 e. The molecule has 3 heteroatoms. The summed E-state index contributed by atoms with van der Waals surface area (Å²) in [5, 5.41) is 8.67. The maximum atomic E-state index is 10.6. The van der Waals surface area contributed by atoms with E-state index in [2.05, 4.69) is 11.9 Å². The highest BCUT2D eigenvalue weighted by Crippen LogP contribution is 2.06. The number of hydrogen-bond donors (Lipinski definition) is 1. The van der Waals surface area contributed by atoms with Gasteiger partial charge in [-0.25, -0.2) is 9.78 Å². The van der Waals surface area contributed by atoms with Gasteiger partial charge in [0, 0.05) is 6.20 Å². The molecule has 0 unspecified atom stereocenters. The molecule has 0 aliphatic heterocycles. The van der Waals surface area contributed by atoms with Gasteiger partial charge in [0.25, 0.3) is 0 Å². The number of hydrogen-bond acceptors (Lipinski definition) is 2. The van der Waals surface area contributed by atoms with Gasteiger partial charge in [-0.1, -0.05) is 13.3 Å². The van der Waals surface area contributed by atoms with Crippen molar-refractivity contribution in [3.63, 3.8) is 0 Å². The normalized spacial score (nSPS) is 9.92. The maximum absolute atomic E-state index is 10.6. The van der Waals surface area contributed by atoms with Crippen molar-refractivity contribution in [3.05, 3.63) is 29.6 Å². The molecule has 1 aromatic rings. The molecule has 1 rings (SSSR count). The molecule has 0 amide bonds. The van der Waals surface area contributed by atoms with E-state index < -0.39 is 5.97 Å². The first-order chi connectivity index (χ1) is 6.24. The third kappa shape index (κ3) is 2.86. The summed E-state index contributed by atoms with van der Waals surface area (Å²) in [7, 11) is 0. The minimum absolute atomic E-state index is 0.133. The van der Waals surface area contributed by atoms with E-state index in [0.717, 1.165) is 24.8 Å². The van der Waals surface area contributed by atoms with E-state index in [1.165, 1.54) is 0 Å². The Hall–Kier alpha value is -1.38. The Balaban J connectivity index is 2.73. The summed E-state index contributed by atoms with van der Waals surface area (Å²) in [6.45, 7) is 2.11. The minimum Gasteiger partial charge on any atom is -0.477 e. The van der Waals surface area contributed by atoms with Gasteiger partial charge < -0.3 is 5.11 Å². The molecule has 0 fully saturated rings. The minimum atomic E-state index is -0.960. The number of rotatable bonds is 4. The van der Waals surface area contributed by atoms with E-state index in [-0.39, 0.29) is 5.69 Å². The molecule has 1 N–H and O–H groups in total. The molecule has 1 aromatic heterocycles. The van der Waals surface area contributed by atoms with Crippen LogP contribution in [0.15, 0.2) is 18.3 Å². The molecule has 0 bridgehead atoms. The van der Waals surface area contributed by atoms with Gasteiger partial charge in [0.05, 0.1) is 0 Å². The number of pyridine rings is 1. The molecule has 0 saturated heterocycles. The zero-order valence-electron chi connectivity index (χ0n) is 7.66. The molecular weight excluding hydrogens is 166 g/mol. The smallest absolute Gasteiger partial charge is 0.354 e. The van der Waals surface area contributed by atoms with Gasteiger partial charge in [-0.3, -0.25) is 0 Å². The fraction of sp³-hybridized carbons (Fsp3) is 0.400. The van der Waals surface area contributed by atoms with E-state index in [9.17, 15) is 4.79 Å². The summed E-state index contributed by atoms with van der Waals surface area (Å²) in [4.78, 5) is 14.3. The van der Waals surface area contributed by atoms with Crippen LogP contribution in [-0.4, -0.2) is 16.1 Å². The van der Waals surface area contributed by atoms with Gasteiger partial charge in [-0.05, 0) is 30.5 Å². The Kier molecular flexibility index (Phi) is 3.43. The summed E-state index contributed by atoms with van der Waals surface area (Å²) in [6.07, 6.45) is 4.68. The second-order valence-electron chi connectivity index (χ2n) is 2.96. The van der Waals surface area contributed by atoms with Crippen LogP contribution in [-0.2, 0) is 6.42 Å². The van der Waals surface area contributed by atoms with Crippen LogP contribution >= 0.6 is 0 Å². The molecule has 0 radical (unpaired) electrons. The Labute approximate surface area is 77.4 Å². The van der Waals surface area contributed by atoms with Crippen LogP contribution in [0.1, 0.15) is 35.8 Å². The zero-order chi connectivity index (χ0) is 9.68. The Morgan fingerprint density at radius 1 is 1.62 bits per heavy atom. The van der Waals surface area contributed by atoms with Crippen molar-refractivity contribution >= 4 is 5.97 Å². The summed E-state index contributed by atoms with van der Waals surface area (Å²) in [5.41, 5.74) is 1.18. The van der Waals surface area contributed by atoms with Crippen molar-refractivity contribution in [3.8, 4) is 0 Å². The average molecular weight is 179 g/mol. The number of carbonyl (C=O) groups is 1. The Morgan fingerprint density at radius 2 is 2.38 bits per heavy atom. The Bertz CT molecular complexity index is 297. The summed E-state index contributed by atoms with van der Waals surface area (Å²) < 4.78 is 0. The number of nitrogens with zero attached hydrogens (tertiary/aromatic N) is 1. The van der Waals surface area contributed by atoms with Crippen molar-refractivity contribution in [2.24, 2.45) is 0 Å². The van der Waals surface area contributed by atoms with Crippen LogP contribution in [0.3, 0.4) is 0 Å². The lowest BCUT2D eigenvalue weighted by Crippen LogP contribution is -2.00. The van der Waals surface area contributed by atoms with E-state index >= 15 is 0 Å². The van der Waals surface area contributed by atoms with E-state index in [0.29, 0.717) is 0 Å². The van der Waals surface area contributed by atoms with Gasteiger partial charge in [0.15, 0.2) is 0 Å². The van der Waals surface area contributed by atoms with Gasteiger partial charge >= 0.3 is 5.97 Å². The quantitative estimate of drug-likeness (QED) is 0.770. The number of carboxylic acid groups (broad SMARTS) is 1. The molecule has 0 spiro atoms. The molecule has 0 aliphatic carbocycles. The fourth-order valence-corrected chi connectivity index (χ4v) is 1.13. The lowest BCUT2D eigenvalue weighted by molar-refractivity contribution is 0.0690. The first kappa shape index (κ1) is 9.71. The van der Waals surface area contributed by atoms with Crippen molar-refractivity contribution in [2.45, 2.75) is 26.2 Å². The van der Waals surface area contributed by atoms with Crippen LogP contribution < -0.4 is 0 Å². The molecule has 0 atom stereocenters. The van der Waals surface area contributed by atoms with E-state index in [1.54, 1.807) is 12.3 Å². The number of aromatic carboxylic acids is 1. The number of aryl methyl sites for hydroxylation is 1. The van der Waals surface area contributed by atoms with Gasteiger partial charge in [-0.15, -0.1) is 0 Å². The second-order valence-corrected chi connectivity index (χ2v) is 2.96. The van der Waals surface area contributed by atoms with Crippen LogP contribution in [0.4, 0.5) is 0 Å². The SMILES string of the molecule is CCCCc1ccnc(C(=O)O)c1. The summed E-state index contributed by atoms with van der Waals surface area (Å²) in [6, 6.07) is 3.50. The maximum Gasteiger partial charge on any atom is 0.354 e. The van der Waals surface area contributed by atoms with Gasteiger partial charge in [-0.2, -0.15) is 0 Å².